The van der Waals surface area contributed by atoms with Gasteiger partial charge in [0.05, 0.1) is 4.88 Å². The maximum absolute atomic E-state index is 13.6. The number of H-pyrrole nitrogens is 1. The van der Waals surface area contributed by atoms with E-state index in [1.165, 1.54) is 22.5 Å². The van der Waals surface area contributed by atoms with E-state index in [4.69, 9.17) is 0 Å². The number of nitrogens with zero attached hydrogens (tertiary/aromatic N) is 1. The number of hydrogen-bond acceptors (Lipinski definition) is 3. The minimum atomic E-state index is -0.634. The van der Waals surface area contributed by atoms with E-state index in [-0.39, 0.29) is 11.8 Å². The molecule has 166 valence electrons. The molecular weight excluding hydrogens is 430 g/mol. The lowest BCUT2D eigenvalue weighted by molar-refractivity contribution is -0.132. The van der Waals surface area contributed by atoms with Gasteiger partial charge in [0.25, 0.3) is 5.91 Å². The Morgan fingerprint density at radius 1 is 1.03 bits per heavy atom. The molecule has 1 atom stereocenters. The van der Waals surface area contributed by atoms with Gasteiger partial charge in [0.15, 0.2) is 0 Å². The number of carbonyl (C=O) groups is 2. The maximum atomic E-state index is 13.6. The second-order valence-corrected chi connectivity index (χ2v) is 9.14. The molecule has 0 bridgehead atoms. The third-order valence-electron chi connectivity index (χ3n) is 6.11. The zero-order valence-electron chi connectivity index (χ0n) is 18.2. The highest BCUT2D eigenvalue weighted by Gasteiger charge is 2.29. The number of aromatic nitrogens is 1. The number of benzene rings is 2. The molecule has 0 aliphatic carbocycles. The van der Waals surface area contributed by atoms with Crippen molar-refractivity contribution < 1.29 is 9.59 Å². The van der Waals surface area contributed by atoms with Gasteiger partial charge in [0.1, 0.15) is 6.04 Å². The van der Waals surface area contributed by atoms with Gasteiger partial charge in [-0.15, -0.1) is 11.3 Å². The predicted molar refractivity (Wildman–Crippen MR) is 133 cm³/mol. The summed E-state index contributed by atoms with van der Waals surface area (Å²) in [5.74, 6) is -0.255. The molecule has 0 unspecified atom stereocenters. The number of fused-ring (bicyclic) bond motifs is 1. The van der Waals surface area contributed by atoms with E-state index in [2.05, 4.69) is 28.5 Å². The number of aromatic amines is 1. The van der Waals surface area contributed by atoms with Crippen LogP contribution in [0.25, 0.3) is 16.5 Å². The molecule has 0 fully saturated rings. The Bertz CT molecular complexity index is 1290. The van der Waals surface area contributed by atoms with Crippen LogP contribution in [0.1, 0.15) is 27.2 Å². The quantitative estimate of drug-likeness (QED) is 0.435. The van der Waals surface area contributed by atoms with E-state index in [0.717, 1.165) is 22.9 Å². The molecule has 2 N–H and O–H groups in total. The van der Waals surface area contributed by atoms with Gasteiger partial charge in [-0.1, -0.05) is 60.7 Å². The monoisotopic (exact) mass is 455 g/mol. The number of nitrogens with one attached hydrogen (secondary N) is 2. The molecule has 6 heteroatoms. The van der Waals surface area contributed by atoms with Crippen molar-refractivity contribution in [2.45, 2.75) is 18.9 Å². The van der Waals surface area contributed by atoms with Crippen LogP contribution < -0.4 is 5.32 Å². The van der Waals surface area contributed by atoms with Gasteiger partial charge >= 0.3 is 0 Å². The number of para-hydroxylation sites is 1. The first-order valence-electron chi connectivity index (χ1n) is 11.1. The summed E-state index contributed by atoms with van der Waals surface area (Å²) in [5.41, 5.74) is 4.51. The molecule has 2 aromatic heterocycles. The van der Waals surface area contributed by atoms with Gasteiger partial charge in [-0.25, -0.2) is 0 Å². The lowest BCUT2D eigenvalue weighted by Gasteiger charge is -2.30. The minimum Gasteiger partial charge on any atom is -0.361 e. The fraction of sp³-hybridized carbons (Fsp3) is 0.185. The van der Waals surface area contributed by atoms with Gasteiger partial charge in [-0.2, -0.15) is 0 Å². The van der Waals surface area contributed by atoms with Crippen LogP contribution in [0.4, 0.5) is 0 Å². The average Bonchev–Trinajstić information content (AvgIpc) is 3.55. The molecular formula is C27H25N3O2S. The molecule has 2 aromatic carbocycles. The third-order valence-corrected chi connectivity index (χ3v) is 6.98. The van der Waals surface area contributed by atoms with Crippen molar-refractivity contribution in [1.82, 2.24) is 15.2 Å². The Morgan fingerprint density at radius 3 is 2.61 bits per heavy atom. The normalized spacial score (nSPS) is 14.7. The van der Waals surface area contributed by atoms with Crippen molar-refractivity contribution in [3.63, 3.8) is 0 Å². The number of rotatable bonds is 6. The smallest absolute Gasteiger partial charge is 0.262 e. The standard InChI is InChI=1S/C27H25N3O2S/c31-26(25-11-6-16-33-25)29-24(17-21-18-28-23-10-5-4-9-22(21)23)27(32)30-14-12-20(13-15-30)19-7-2-1-3-8-19/h1-12,16,18,24,28H,13-15,17H2,(H,29,31)/t24-/m0/s1. The van der Waals surface area contributed by atoms with Crippen molar-refractivity contribution in [2.24, 2.45) is 0 Å². The highest BCUT2D eigenvalue weighted by Crippen LogP contribution is 2.24. The van der Waals surface area contributed by atoms with E-state index in [1.54, 1.807) is 6.07 Å². The molecule has 1 aliphatic heterocycles. The van der Waals surface area contributed by atoms with Crippen LogP contribution in [0.15, 0.2) is 84.4 Å². The second-order valence-electron chi connectivity index (χ2n) is 8.20. The van der Waals surface area contributed by atoms with Crippen LogP contribution >= 0.6 is 11.3 Å². The zero-order chi connectivity index (χ0) is 22.6. The first kappa shape index (κ1) is 21.2. The Hall–Kier alpha value is -3.64. The van der Waals surface area contributed by atoms with E-state index in [9.17, 15) is 9.59 Å². The van der Waals surface area contributed by atoms with E-state index in [0.29, 0.717) is 24.4 Å². The van der Waals surface area contributed by atoms with Crippen LogP contribution in [-0.2, 0) is 11.2 Å². The van der Waals surface area contributed by atoms with Gasteiger partial charge in [0.2, 0.25) is 5.91 Å². The van der Waals surface area contributed by atoms with Crippen LogP contribution in [0.2, 0.25) is 0 Å². The summed E-state index contributed by atoms with van der Waals surface area (Å²) >= 11 is 1.38. The highest BCUT2D eigenvalue weighted by molar-refractivity contribution is 7.12. The van der Waals surface area contributed by atoms with Crippen LogP contribution in [0.3, 0.4) is 0 Å². The van der Waals surface area contributed by atoms with Crippen molar-refractivity contribution in [3.05, 3.63) is 100 Å². The summed E-state index contributed by atoms with van der Waals surface area (Å²) in [7, 11) is 0. The summed E-state index contributed by atoms with van der Waals surface area (Å²) in [6, 6.07) is 21.3. The Labute approximate surface area is 196 Å². The molecule has 33 heavy (non-hydrogen) atoms. The highest BCUT2D eigenvalue weighted by atomic mass is 32.1. The van der Waals surface area contributed by atoms with Gasteiger partial charge in [0, 0.05) is 36.6 Å². The SMILES string of the molecule is O=C(N[C@@H](Cc1c[nH]c2ccccc12)C(=O)N1CC=C(c2ccccc2)CC1)c1cccs1. The molecule has 0 spiro atoms. The van der Waals surface area contributed by atoms with Crippen LogP contribution in [0, 0.1) is 0 Å². The van der Waals surface area contributed by atoms with E-state index < -0.39 is 6.04 Å². The number of carbonyl (C=O) groups excluding carboxylic acids is 2. The topological polar surface area (TPSA) is 65.2 Å². The molecule has 2 amide bonds. The minimum absolute atomic E-state index is 0.0476. The Morgan fingerprint density at radius 2 is 1.85 bits per heavy atom. The Kier molecular flexibility index (Phi) is 6.09. The number of hydrogen-bond donors (Lipinski definition) is 2. The van der Waals surface area contributed by atoms with Gasteiger partial charge in [-0.05, 0) is 40.6 Å². The first-order valence-corrected chi connectivity index (χ1v) is 12.0. The zero-order valence-corrected chi connectivity index (χ0v) is 19.0. The molecule has 0 saturated heterocycles. The molecule has 5 rings (SSSR count). The molecule has 0 radical (unpaired) electrons. The molecule has 4 aromatic rings. The van der Waals surface area contributed by atoms with Crippen molar-refractivity contribution in [2.75, 3.05) is 13.1 Å². The fourth-order valence-corrected chi connectivity index (χ4v) is 4.99. The van der Waals surface area contributed by atoms with Crippen LogP contribution in [-0.4, -0.2) is 40.8 Å². The summed E-state index contributed by atoms with van der Waals surface area (Å²) in [4.78, 5) is 32.2. The van der Waals surface area contributed by atoms with Gasteiger partial charge in [-0.3, -0.25) is 9.59 Å². The van der Waals surface area contributed by atoms with E-state index >= 15 is 0 Å². The average molecular weight is 456 g/mol. The van der Waals surface area contributed by atoms with Crippen molar-refractivity contribution in [1.29, 1.82) is 0 Å². The molecule has 5 nitrogen and oxygen atoms in total. The van der Waals surface area contributed by atoms with Crippen molar-refractivity contribution >= 4 is 39.6 Å². The lowest BCUT2D eigenvalue weighted by atomic mass is 9.98. The number of thiophene rings is 1. The largest absolute Gasteiger partial charge is 0.361 e. The Balaban J connectivity index is 1.37. The maximum Gasteiger partial charge on any atom is 0.262 e. The lowest BCUT2D eigenvalue weighted by Crippen LogP contribution is -2.50. The fourth-order valence-electron chi connectivity index (χ4n) is 4.36. The summed E-state index contributed by atoms with van der Waals surface area (Å²) in [6.45, 7) is 1.18. The first-order chi connectivity index (χ1) is 16.2. The molecule has 1 aliphatic rings. The summed E-state index contributed by atoms with van der Waals surface area (Å²) in [6.07, 6.45) is 5.30. The predicted octanol–water partition coefficient (Wildman–Crippen LogP) is 4.89. The second kappa shape index (κ2) is 9.46. The summed E-state index contributed by atoms with van der Waals surface area (Å²) in [5, 5.41) is 5.95. The van der Waals surface area contributed by atoms with Crippen molar-refractivity contribution in [3.8, 4) is 0 Å². The van der Waals surface area contributed by atoms with Gasteiger partial charge < -0.3 is 15.2 Å². The third kappa shape index (κ3) is 4.61. The summed E-state index contributed by atoms with van der Waals surface area (Å²) < 4.78 is 0. The molecule has 3 heterocycles. The number of amides is 2. The molecule has 0 saturated carbocycles. The van der Waals surface area contributed by atoms with Crippen LogP contribution in [0.5, 0.6) is 0 Å². The van der Waals surface area contributed by atoms with E-state index in [1.807, 2.05) is 65.0 Å².